The zero-order chi connectivity index (χ0) is 37.8. The third kappa shape index (κ3) is 11.2. The number of hydrogen-bond acceptors (Lipinski definition) is 10. The predicted molar refractivity (Wildman–Crippen MR) is 207 cm³/mol. The highest BCUT2D eigenvalue weighted by atomic mass is 127. The molecule has 0 aromatic rings. The van der Waals surface area contributed by atoms with E-state index in [0.717, 1.165) is 12.8 Å². The van der Waals surface area contributed by atoms with Crippen molar-refractivity contribution in [2.24, 2.45) is 11.8 Å². The normalized spacial score (nSPS) is 30.9. The summed E-state index contributed by atoms with van der Waals surface area (Å²) in [4.78, 5) is 13.1. The van der Waals surface area contributed by atoms with E-state index >= 15 is 0 Å². The minimum absolute atomic E-state index is 0.00620. The van der Waals surface area contributed by atoms with Gasteiger partial charge in [0.2, 0.25) is 5.79 Å². The standard InChI is InChI=1S/C36H69IO10Si2/c1-23(37)18-17-19-27(46-48(13,14)34(4,5)6)29(41-11)21-30-32(44-33(39)43-30)36(42-12)25(3)31(47-49(15,16)35(7,8)9)24(2)28(45-36)20-26(38)22-40-10/h18,24-32,38H,17,19-22H2,1-16H3/b23-18-/t24-,25+,26+,27-,28+,29-,30-,31-,32+,36+/m0/s1. The second-order valence-electron chi connectivity index (χ2n) is 17.2. The summed E-state index contributed by atoms with van der Waals surface area (Å²) >= 11 is 2.33. The van der Waals surface area contributed by atoms with Gasteiger partial charge in [-0.05, 0) is 82.2 Å². The van der Waals surface area contributed by atoms with Gasteiger partial charge >= 0.3 is 6.16 Å². The Kier molecular flexibility index (Phi) is 16.4. The Balaban J connectivity index is 2.60. The average Bonchev–Trinajstić information content (AvgIpc) is 3.34. The topological polar surface area (TPSA) is 111 Å². The highest BCUT2D eigenvalue weighted by Gasteiger charge is 2.64. The number of carbonyl (C=O) groups is 1. The molecule has 2 saturated heterocycles. The van der Waals surface area contributed by atoms with Crippen LogP contribution in [0.15, 0.2) is 9.66 Å². The van der Waals surface area contributed by atoms with E-state index < -0.39 is 59.1 Å². The molecule has 0 unspecified atom stereocenters. The van der Waals surface area contributed by atoms with Gasteiger partial charge in [-0.1, -0.05) is 61.5 Å². The molecule has 0 radical (unpaired) electrons. The van der Waals surface area contributed by atoms with E-state index in [9.17, 15) is 9.90 Å². The molecule has 10 atom stereocenters. The molecule has 0 aliphatic carbocycles. The van der Waals surface area contributed by atoms with Crippen molar-refractivity contribution in [1.29, 1.82) is 0 Å². The third-order valence-electron chi connectivity index (χ3n) is 11.5. The van der Waals surface area contributed by atoms with Crippen LogP contribution in [0.1, 0.15) is 88.0 Å². The minimum atomic E-state index is -2.29. The summed E-state index contributed by atoms with van der Waals surface area (Å²) in [6.07, 6.45) is -0.260. The smallest absolute Gasteiger partial charge is 0.427 e. The largest absolute Gasteiger partial charge is 0.509 e. The van der Waals surface area contributed by atoms with Gasteiger partial charge in [0.25, 0.3) is 0 Å². The van der Waals surface area contributed by atoms with Crippen LogP contribution >= 0.6 is 22.6 Å². The summed E-state index contributed by atoms with van der Waals surface area (Å²) < 4.78 is 52.0. The minimum Gasteiger partial charge on any atom is -0.427 e. The number of cyclic esters (lactones) is 2. The number of allylic oxidation sites excluding steroid dienone is 2. The van der Waals surface area contributed by atoms with Crippen LogP contribution in [0.3, 0.4) is 0 Å². The number of aliphatic hydroxyl groups is 1. The van der Waals surface area contributed by atoms with Gasteiger partial charge in [0.05, 0.1) is 37.1 Å². The Morgan fingerprint density at radius 1 is 0.959 bits per heavy atom. The van der Waals surface area contributed by atoms with E-state index in [4.69, 9.17) is 37.3 Å². The fourth-order valence-corrected chi connectivity index (χ4v) is 9.54. The average molecular weight is 845 g/mol. The van der Waals surface area contributed by atoms with Crippen LogP contribution in [-0.4, -0.2) is 104 Å². The highest BCUT2D eigenvalue weighted by molar-refractivity contribution is 14.1. The number of ether oxygens (including phenoxy) is 6. The van der Waals surface area contributed by atoms with Crippen molar-refractivity contribution in [3.8, 4) is 0 Å². The van der Waals surface area contributed by atoms with E-state index in [1.165, 1.54) is 3.58 Å². The molecule has 1 N–H and O–H groups in total. The zero-order valence-electron chi connectivity index (χ0n) is 33.3. The molecule has 0 bridgehead atoms. The summed E-state index contributed by atoms with van der Waals surface area (Å²) in [5.74, 6) is -1.89. The van der Waals surface area contributed by atoms with Gasteiger partial charge in [0.1, 0.15) is 0 Å². The molecule has 10 nitrogen and oxygen atoms in total. The number of halogens is 1. The second kappa shape index (κ2) is 17.8. The fourth-order valence-electron chi connectivity index (χ4n) is 6.40. The molecule has 0 aromatic heterocycles. The highest BCUT2D eigenvalue weighted by Crippen LogP contribution is 2.50. The molecule has 0 saturated carbocycles. The Hall–Kier alpha value is -0.106. The SMILES string of the molecule is COC[C@H](O)C[C@H]1O[C@@](OC)([C@@H]2OC(=O)O[C@H]2C[C@H](OC)[C@H](CC/C=C(/C)I)O[Si](C)(C)C(C)(C)C)[C@H](C)[C@@H](O[Si](C)(C)C(C)(C)C)[C@H]1C. The molecule has 13 heteroatoms. The van der Waals surface area contributed by atoms with E-state index in [0.29, 0.717) is 12.8 Å². The fraction of sp³-hybridized carbons (Fsp3) is 0.917. The van der Waals surface area contributed by atoms with Crippen molar-refractivity contribution in [1.82, 2.24) is 0 Å². The molecule has 2 rings (SSSR count). The first-order valence-electron chi connectivity index (χ1n) is 17.8. The third-order valence-corrected chi connectivity index (χ3v) is 20.9. The summed E-state index contributed by atoms with van der Waals surface area (Å²) in [5, 5.41) is 10.8. The Morgan fingerprint density at radius 2 is 1.55 bits per heavy atom. The monoisotopic (exact) mass is 844 g/mol. The van der Waals surface area contributed by atoms with E-state index in [1.54, 1.807) is 21.3 Å². The molecule has 0 spiro atoms. The number of hydrogen-bond donors (Lipinski definition) is 1. The van der Waals surface area contributed by atoms with Crippen LogP contribution in [0.5, 0.6) is 0 Å². The molecular formula is C36H69IO10Si2. The lowest BCUT2D eigenvalue weighted by molar-refractivity contribution is -0.360. The molecule has 0 aromatic carbocycles. The quantitative estimate of drug-likeness (QED) is 0.0869. The van der Waals surface area contributed by atoms with E-state index in [1.807, 2.05) is 6.92 Å². The zero-order valence-corrected chi connectivity index (χ0v) is 37.5. The van der Waals surface area contributed by atoms with Gasteiger partial charge in [-0.25, -0.2) is 4.79 Å². The maximum absolute atomic E-state index is 13.1. The van der Waals surface area contributed by atoms with Crippen LogP contribution in [0.4, 0.5) is 4.79 Å². The number of carbonyl (C=O) groups excluding carboxylic acids is 1. The Labute approximate surface area is 313 Å². The first-order chi connectivity index (χ1) is 22.4. The van der Waals surface area contributed by atoms with Gasteiger partial charge in [-0.2, -0.15) is 0 Å². The summed E-state index contributed by atoms with van der Waals surface area (Å²) in [7, 11) is 0.339. The van der Waals surface area contributed by atoms with Crippen LogP contribution in [0.2, 0.25) is 36.3 Å². The molecule has 49 heavy (non-hydrogen) atoms. The number of aliphatic hydroxyl groups excluding tert-OH is 1. The summed E-state index contributed by atoms with van der Waals surface area (Å²) in [6.45, 7) is 28.6. The molecule has 2 heterocycles. The van der Waals surface area contributed by atoms with Crippen molar-refractivity contribution in [3.05, 3.63) is 9.66 Å². The van der Waals surface area contributed by atoms with Crippen molar-refractivity contribution >= 4 is 45.4 Å². The molecule has 2 fully saturated rings. The van der Waals surface area contributed by atoms with Crippen molar-refractivity contribution < 1.29 is 47.2 Å². The number of rotatable bonds is 17. The van der Waals surface area contributed by atoms with Gasteiger partial charge < -0.3 is 42.4 Å². The van der Waals surface area contributed by atoms with E-state index in [2.05, 4.69) is 110 Å². The lowest BCUT2D eigenvalue weighted by atomic mass is 9.76. The van der Waals surface area contributed by atoms with Crippen molar-refractivity contribution in [2.75, 3.05) is 27.9 Å². The van der Waals surface area contributed by atoms with Crippen LogP contribution < -0.4 is 0 Å². The molecule has 2 aliphatic heterocycles. The van der Waals surface area contributed by atoms with Crippen molar-refractivity contribution in [2.45, 2.75) is 173 Å². The maximum atomic E-state index is 13.1. The molecular weight excluding hydrogens is 775 g/mol. The summed E-state index contributed by atoms with van der Waals surface area (Å²) in [5.41, 5.74) is 0. The lowest BCUT2D eigenvalue weighted by Gasteiger charge is -2.55. The summed E-state index contributed by atoms with van der Waals surface area (Å²) in [6, 6.07) is 0. The first kappa shape index (κ1) is 45.1. The van der Waals surface area contributed by atoms with Crippen LogP contribution in [-0.2, 0) is 37.3 Å². The second-order valence-corrected chi connectivity index (χ2v) is 28.4. The van der Waals surface area contributed by atoms with E-state index in [-0.39, 0.29) is 40.7 Å². The maximum Gasteiger partial charge on any atom is 0.509 e. The lowest BCUT2D eigenvalue weighted by Crippen LogP contribution is -2.67. The molecule has 288 valence electrons. The van der Waals surface area contributed by atoms with Crippen LogP contribution in [0.25, 0.3) is 0 Å². The Morgan fingerprint density at radius 3 is 2.04 bits per heavy atom. The number of methoxy groups -OCH3 is 3. The molecule has 2 aliphatic rings. The van der Waals surface area contributed by atoms with Gasteiger partial charge in [0.15, 0.2) is 28.8 Å². The Bertz CT molecular complexity index is 1090. The predicted octanol–water partition coefficient (Wildman–Crippen LogP) is 8.61. The van der Waals surface area contributed by atoms with Gasteiger partial charge in [0, 0.05) is 46.0 Å². The first-order valence-corrected chi connectivity index (χ1v) is 24.7. The van der Waals surface area contributed by atoms with Gasteiger partial charge in [-0.15, -0.1) is 0 Å². The molecule has 0 amide bonds. The van der Waals surface area contributed by atoms with Crippen molar-refractivity contribution in [3.63, 3.8) is 0 Å². The van der Waals surface area contributed by atoms with Crippen LogP contribution in [0, 0.1) is 11.8 Å². The van der Waals surface area contributed by atoms with Gasteiger partial charge in [-0.3, -0.25) is 0 Å².